The van der Waals surface area contributed by atoms with Crippen LogP contribution in [0.4, 0.5) is 0 Å². The van der Waals surface area contributed by atoms with Crippen LogP contribution in [0.1, 0.15) is 47.0 Å². The molecule has 1 nitrogen and oxygen atoms in total. The zero-order valence-electron chi connectivity index (χ0n) is 9.69. The Labute approximate surface area is 83.6 Å². The molecule has 0 saturated carbocycles. The summed E-state index contributed by atoms with van der Waals surface area (Å²) in [6.07, 6.45) is 3.67. The van der Waals surface area contributed by atoms with Crippen LogP contribution in [0.5, 0.6) is 0 Å². The molecule has 0 aromatic carbocycles. The van der Waals surface area contributed by atoms with Gasteiger partial charge in [-0.15, -0.1) is 6.58 Å². The van der Waals surface area contributed by atoms with E-state index in [0.29, 0.717) is 6.04 Å². The van der Waals surface area contributed by atoms with E-state index in [1.807, 2.05) is 0 Å². The molecule has 0 amide bonds. The van der Waals surface area contributed by atoms with E-state index in [2.05, 4.69) is 39.6 Å². The molecule has 0 aromatic heterocycles. The van der Waals surface area contributed by atoms with Crippen LogP contribution in [0.25, 0.3) is 0 Å². The van der Waals surface area contributed by atoms with Crippen LogP contribution in [0, 0.1) is 5.92 Å². The Bertz CT molecular complexity index is 140. The second-order valence-electron chi connectivity index (χ2n) is 4.31. The van der Waals surface area contributed by atoms with Gasteiger partial charge >= 0.3 is 0 Å². The van der Waals surface area contributed by atoms with Gasteiger partial charge in [-0.05, 0) is 39.2 Å². The summed E-state index contributed by atoms with van der Waals surface area (Å²) in [5.74, 6) is 0.840. The lowest BCUT2D eigenvalue weighted by Gasteiger charge is -2.17. The Morgan fingerprint density at radius 1 is 1.38 bits per heavy atom. The molecule has 0 aliphatic rings. The number of hydrogen-bond donors (Lipinski definition) is 1. The molecule has 0 aromatic rings. The molecular formula is C12H25N. The predicted octanol–water partition coefficient (Wildman–Crippen LogP) is 3.37. The van der Waals surface area contributed by atoms with Gasteiger partial charge in [-0.3, -0.25) is 0 Å². The molecular weight excluding hydrogens is 158 g/mol. The van der Waals surface area contributed by atoms with Gasteiger partial charge in [0.15, 0.2) is 0 Å². The molecule has 0 bridgehead atoms. The lowest BCUT2D eigenvalue weighted by molar-refractivity contribution is 0.415. The van der Waals surface area contributed by atoms with E-state index in [9.17, 15) is 0 Å². The highest BCUT2D eigenvalue weighted by Crippen LogP contribution is 2.09. The third-order valence-corrected chi connectivity index (χ3v) is 2.50. The fourth-order valence-corrected chi connectivity index (χ4v) is 1.39. The summed E-state index contributed by atoms with van der Waals surface area (Å²) in [5.41, 5.74) is 1.27. The number of rotatable bonds is 7. The van der Waals surface area contributed by atoms with Crippen LogP contribution in [0.15, 0.2) is 12.2 Å². The first-order chi connectivity index (χ1) is 6.06. The summed E-state index contributed by atoms with van der Waals surface area (Å²) >= 11 is 0. The van der Waals surface area contributed by atoms with Crippen molar-refractivity contribution in [3.8, 4) is 0 Å². The molecule has 0 aliphatic heterocycles. The van der Waals surface area contributed by atoms with E-state index in [1.54, 1.807) is 0 Å². The Morgan fingerprint density at radius 3 is 2.46 bits per heavy atom. The minimum Gasteiger partial charge on any atom is -0.314 e. The zero-order chi connectivity index (χ0) is 10.3. The topological polar surface area (TPSA) is 12.0 Å². The highest BCUT2D eigenvalue weighted by molar-refractivity contribution is 4.88. The molecule has 0 rings (SSSR count). The van der Waals surface area contributed by atoms with E-state index >= 15 is 0 Å². The smallest absolute Gasteiger partial charge is 0.00413 e. The summed E-state index contributed by atoms with van der Waals surface area (Å²) < 4.78 is 0. The van der Waals surface area contributed by atoms with Gasteiger partial charge in [0.2, 0.25) is 0 Å². The molecule has 2 unspecified atom stereocenters. The Hall–Kier alpha value is -0.300. The van der Waals surface area contributed by atoms with Crippen LogP contribution < -0.4 is 5.32 Å². The van der Waals surface area contributed by atoms with Gasteiger partial charge in [0, 0.05) is 6.04 Å². The highest BCUT2D eigenvalue weighted by atomic mass is 14.9. The van der Waals surface area contributed by atoms with Crippen LogP contribution in [-0.2, 0) is 0 Å². The predicted molar refractivity (Wildman–Crippen MR) is 61.0 cm³/mol. The van der Waals surface area contributed by atoms with Crippen molar-refractivity contribution in [3.05, 3.63) is 12.2 Å². The van der Waals surface area contributed by atoms with Gasteiger partial charge in [-0.25, -0.2) is 0 Å². The molecule has 0 fully saturated rings. The molecule has 78 valence electrons. The van der Waals surface area contributed by atoms with Crippen molar-refractivity contribution in [1.29, 1.82) is 0 Å². The van der Waals surface area contributed by atoms with Gasteiger partial charge in [-0.2, -0.15) is 0 Å². The number of hydrogen-bond acceptors (Lipinski definition) is 1. The van der Waals surface area contributed by atoms with Crippen molar-refractivity contribution >= 4 is 0 Å². The SMILES string of the molecule is C=C(C)CCNC(C)CC(C)CC. The number of nitrogens with one attached hydrogen (secondary N) is 1. The van der Waals surface area contributed by atoms with Crippen LogP contribution in [0.3, 0.4) is 0 Å². The van der Waals surface area contributed by atoms with Gasteiger partial charge in [0.05, 0.1) is 0 Å². The summed E-state index contributed by atoms with van der Waals surface area (Å²) in [5, 5.41) is 3.52. The van der Waals surface area contributed by atoms with Crippen LogP contribution in [-0.4, -0.2) is 12.6 Å². The lowest BCUT2D eigenvalue weighted by Crippen LogP contribution is -2.28. The molecule has 0 aliphatic carbocycles. The Morgan fingerprint density at radius 2 is 2.00 bits per heavy atom. The second kappa shape index (κ2) is 7.14. The van der Waals surface area contributed by atoms with Crippen LogP contribution >= 0.6 is 0 Å². The quantitative estimate of drug-likeness (QED) is 0.597. The molecule has 0 saturated heterocycles. The van der Waals surface area contributed by atoms with Crippen molar-refractivity contribution in [2.75, 3.05) is 6.54 Å². The van der Waals surface area contributed by atoms with Gasteiger partial charge < -0.3 is 5.32 Å². The van der Waals surface area contributed by atoms with E-state index in [1.165, 1.54) is 18.4 Å². The zero-order valence-corrected chi connectivity index (χ0v) is 9.69. The highest BCUT2D eigenvalue weighted by Gasteiger charge is 2.05. The molecule has 1 N–H and O–H groups in total. The molecule has 1 heteroatoms. The van der Waals surface area contributed by atoms with Crippen molar-refractivity contribution < 1.29 is 0 Å². The van der Waals surface area contributed by atoms with Gasteiger partial charge in [0.25, 0.3) is 0 Å². The summed E-state index contributed by atoms with van der Waals surface area (Å²) in [4.78, 5) is 0. The van der Waals surface area contributed by atoms with E-state index < -0.39 is 0 Å². The fourth-order valence-electron chi connectivity index (χ4n) is 1.39. The average molecular weight is 183 g/mol. The van der Waals surface area contributed by atoms with Crippen molar-refractivity contribution in [1.82, 2.24) is 5.32 Å². The minimum atomic E-state index is 0.648. The lowest BCUT2D eigenvalue weighted by atomic mass is 10.0. The van der Waals surface area contributed by atoms with Gasteiger partial charge in [-0.1, -0.05) is 25.8 Å². The first-order valence-electron chi connectivity index (χ1n) is 5.44. The van der Waals surface area contributed by atoms with Gasteiger partial charge in [0.1, 0.15) is 0 Å². The largest absolute Gasteiger partial charge is 0.314 e. The molecule has 2 atom stereocenters. The third-order valence-electron chi connectivity index (χ3n) is 2.50. The monoisotopic (exact) mass is 183 g/mol. The minimum absolute atomic E-state index is 0.648. The summed E-state index contributed by atoms with van der Waals surface area (Å²) in [7, 11) is 0. The molecule has 0 heterocycles. The molecule has 13 heavy (non-hydrogen) atoms. The average Bonchev–Trinajstić information content (AvgIpc) is 2.03. The normalized spacial score (nSPS) is 15.4. The molecule has 0 radical (unpaired) electrons. The maximum atomic E-state index is 3.89. The maximum absolute atomic E-state index is 3.89. The standard InChI is InChI=1S/C12H25N/c1-6-11(4)9-12(5)13-8-7-10(2)3/h11-13H,2,6-9H2,1,3-5H3. The third kappa shape index (κ3) is 8.04. The first kappa shape index (κ1) is 12.7. The molecule has 0 spiro atoms. The van der Waals surface area contributed by atoms with E-state index in [-0.39, 0.29) is 0 Å². The summed E-state index contributed by atoms with van der Waals surface area (Å²) in [6, 6.07) is 0.648. The first-order valence-corrected chi connectivity index (χ1v) is 5.44. The Kier molecular flexibility index (Phi) is 6.97. The summed E-state index contributed by atoms with van der Waals surface area (Å²) in [6.45, 7) is 13.9. The van der Waals surface area contributed by atoms with Crippen molar-refractivity contribution in [2.24, 2.45) is 5.92 Å². The fraction of sp³-hybridized carbons (Fsp3) is 0.833. The van der Waals surface area contributed by atoms with Crippen LogP contribution in [0.2, 0.25) is 0 Å². The van der Waals surface area contributed by atoms with E-state index in [4.69, 9.17) is 0 Å². The Balaban J connectivity index is 3.39. The van der Waals surface area contributed by atoms with Crippen molar-refractivity contribution in [3.63, 3.8) is 0 Å². The second-order valence-corrected chi connectivity index (χ2v) is 4.31. The van der Waals surface area contributed by atoms with Crippen molar-refractivity contribution in [2.45, 2.75) is 53.0 Å². The maximum Gasteiger partial charge on any atom is 0.00413 e. The van der Waals surface area contributed by atoms with E-state index in [0.717, 1.165) is 18.9 Å².